The molecular formula is C23H23N5O2. The van der Waals surface area contributed by atoms with Crippen LogP contribution in [0.1, 0.15) is 43.0 Å². The van der Waals surface area contributed by atoms with E-state index in [1.54, 1.807) is 12.1 Å². The lowest BCUT2D eigenvalue weighted by atomic mass is 9.91. The van der Waals surface area contributed by atoms with Crippen molar-refractivity contribution in [3.8, 4) is 0 Å². The summed E-state index contributed by atoms with van der Waals surface area (Å²) in [6, 6.07) is 15.5. The molecule has 0 fully saturated rings. The van der Waals surface area contributed by atoms with Crippen LogP contribution in [-0.4, -0.2) is 25.9 Å². The second-order valence-electron chi connectivity index (χ2n) is 7.81. The Balaban J connectivity index is 1.24. The Labute approximate surface area is 173 Å². The van der Waals surface area contributed by atoms with Gasteiger partial charge >= 0.3 is 0 Å². The van der Waals surface area contributed by atoms with Gasteiger partial charge in [-0.15, -0.1) is 5.10 Å². The first-order valence-electron chi connectivity index (χ1n) is 10.4. The van der Waals surface area contributed by atoms with E-state index >= 15 is 0 Å². The number of nitrogens with zero attached hydrogens (tertiary/aromatic N) is 3. The molecule has 2 heterocycles. The molecule has 2 N–H and O–H groups in total. The summed E-state index contributed by atoms with van der Waals surface area (Å²) in [4.78, 5) is 28.6. The van der Waals surface area contributed by atoms with E-state index in [1.165, 1.54) is 15.6 Å². The molecule has 2 aromatic heterocycles. The minimum atomic E-state index is -0.170. The molecule has 0 saturated heterocycles. The van der Waals surface area contributed by atoms with E-state index in [4.69, 9.17) is 0 Å². The molecule has 5 rings (SSSR count). The predicted octanol–water partition coefficient (Wildman–Crippen LogP) is 3.25. The molecule has 2 aromatic carbocycles. The number of para-hydroxylation sites is 1. The molecule has 1 atom stereocenters. The van der Waals surface area contributed by atoms with Crippen LogP contribution in [0.4, 0.5) is 0 Å². The first-order chi connectivity index (χ1) is 14.7. The van der Waals surface area contributed by atoms with Gasteiger partial charge in [-0.2, -0.15) is 0 Å². The second kappa shape index (κ2) is 7.74. The molecule has 0 aliphatic heterocycles. The minimum absolute atomic E-state index is 0.00620. The number of H-pyrrole nitrogens is 1. The first kappa shape index (κ1) is 18.5. The summed E-state index contributed by atoms with van der Waals surface area (Å²) < 4.78 is 1.34. The van der Waals surface area contributed by atoms with E-state index in [0.29, 0.717) is 30.3 Å². The third kappa shape index (κ3) is 3.36. The summed E-state index contributed by atoms with van der Waals surface area (Å²) in [7, 11) is 0. The summed E-state index contributed by atoms with van der Waals surface area (Å²) in [6.45, 7) is 0.367. The van der Waals surface area contributed by atoms with Crippen molar-refractivity contribution in [3.63, 3.8) is 0 Å². The van der Waals surface area contributed by atoms with Gasteiger partial charge in [0.05, 0.1) is 11.4 Å². The molecule has 4 aromatic rings. The fourth-order valence-electron chi connectivity index (χ4n) is 4.38. The molecule has 0 spiro atoms. The lowest BCUT2D eigenvalue weighted by Gasteiger charge is -2.24. The van der Waals surface area contributed by atoms with Gasteiger partial charge in [0.1, 0.15) is 5.52 Å². The molecule has 1 aliphatic carbocycles. The zero-order chi connectivity index (χ0) is 20.5. The lowest BCUT2D eigenvalue weighted by Crippen LogP contribution is -2.31. The standard InChI is InChI=1S/C23H23N5O2/c29-21(13-6-14-28-23(30)17-8-2-4-11-19(17)26-27-28)24-20-12-5-9-16-15-7-1-3-10-18(15)25-22(16)20/h1-4,7-8,10-11,20,25H,5-6,9,12-14H2,(H,24,29)/t20-/m0/s1. The Bertz CT molecular complexity index is 1290. The third-order valence-electron chi connectivity index (χ3n) is 5.85. The van der Waals surface area contributed by atoms with E-state index in [1.807, 2.05) is 18.2 Å². The van der Waals surface area contributed by atoms with Crippen molar-refractivity contribution in [1.29, 1.82) is 0 Å². The molecule has 1 amide bonds. The average molecular weight is 401 g/mol. The minimum Gasteiger partial charge on any atom is -0.356 e. The van der Waals surface area contributed by atoms with Crippen LogP contribution in [0.15, 0.2) is 53.3 Å². The van der Waals surface area contributed by atoms with Crippen LogP contribution < -0.4 is 10.9 Å². The molecule has 1 aliphatic rings. The molecule has 0 bridgehead atoms. The molecular weight excluding hydrogens is 378 g/mol. The molecule has 152 valence electrons. The number of benzene rings is 2. The highest BCUT2D eigenvalue weighted by Gasteiger charge is 2.25. The van der Waals surface area contributed by atoms with Crippen LogP contribution in [0.2, 0.25) is 0 Å². The maximum atomic E-state index is 12.6. The number of hydrogen-bond donors (Lipinski definition) is 2. The number of rotatable bonds is 5. The van der Waals surface area contributed by atoms with Crippen molar-refractivity contribution in [3.05, 3.63) is 70.1 Å². The monoisotopic (exact) mass is 401 g/mol. The van der Waals surface area contributed by atoms with Gasteiger partial charge in [-0.05, 0) is 49.4 Å². The number of aromatic nitrogens is 4. The number of hydrogen-bond acceptors (Lipinski definition) is 4. The smallest absolute Gasteiger partial charge is 0.277 e. The van der Waals surface area contributed by atoms with Gasteiger partial charge in [0.2, 0.25) is 5.91 Å². The van der Waals surface area contributed by atoms with Crippen molar-refractivity contribution < 1.29 is 4.79 Å². The molecule has 30 heavy (non-hydrogen) atoms. The molecule has 0 radical (unpaired) electrons. The molecule has 7 heteroatoms. The van der Waals surface area contributed by atoms with E-state index in [0.717, 1.165) is 30.5 Å². The molecule has 0 saturated carbocycles. The van der Waals surface area contributed by atoms with Crippen molar-refractivity contribution in [2.75, 3.05) is 0 Å². The number of carbonyl (C=O) groups is 1. The summed E-state index contributed by atoms with van der Waals surface area (Å²) in [5.41, 5.74) is 3.99. The number of fused-ring (bicyclic) bond motifs is 4. The highest BCUT2D eigenvalue weighted by atomic mass is 16.1. The van der Waals surface area contributed by atoms with E-state index in [-0.39, 0.29) is 17.5 Å². The van der Waals surface area contributed by atoms with Crippen LogP contribution >= 0.6 is 0 Å². The number of nitrogens with one attached hydrogen (secondary N) is 2. The lowest BCUT2D eigenvalue weighted by molar-refractivity contribution is -0.122. The van der Waals surface area contributed by atoms with Gasteiger partial charge in [0.15, 0.2) is 0 Å². The molecule has 0 unspecified atom stereocenters. The van der Waals surface area contributed by atoms with E-state index in [2.05, 4.69) is 38.8 Å². The maximum Gasteiger partial charge on any atom is 0.277 e. The first-order valence-corrected chi connectivity index (χ1v) is 10.4. The van der Waals surface area contributed by atoms with Gasteiger partial charge in [0, 0.05) is 29.6 Å². The fraction of sp³-hybridized carbons (Fsp3) is 0.304. The Morgan fingerprint density at radius 3 is 2.83 bits per heavy atom. The van der Waals surface area contributed by atoms with Crippen LogP contribution in [0.5, 0.6) is 0 Å². The SMILES string of the molecule is O=C(CCCn1nnc2ccccc2c1=O)N[C@H]1CCCc2c1[nH]c1ccccc21. The zero-order valence-electron chi connectivity index (χ0n) is 16.6. The quantitative estimate of drug-likeness (QED) is 0.537. The summed E-state index contributed by atoms with van der Waals surface area (Å²) in [5, 5.41) is 13.0. The zero-order valence-corrected chi connectivity index (χ0v) is 16.6. The average Bonchev–Trinajstić information content (AvgIpc) is 3.15. The Morgan fingerprint density at radius 2 is 1.93 bits per heavy atom. The van der Waals surface area contributed by atoms with Crippen LogP contribution in [-0.2, 0) is 17.8 Å². The fourth-order valence-corrected chi connectivity index (χ4v) is 4.38. The van der Waals surface area contributed by atoms with Crippen molar-refractivity contribution >= 4 is 27.7 Å². The van der Waals surface area contributed by atoms with Crippen LogP contribution in [0.3, 0.4) is 0 Å². The van der Waals surface area contributed by atoms with E-state index in [9.17, 15) is 9.59 Å². The number of carbonyl (C=O) groups excluding carboxylic acids is 1. The highest BCUT2D eigenvalue weighted by Crippen LogP contribution is 2.34. The Morgan fingerprint density at radius 1 is 1.13 bits per heavy atom. The number of amides is 1. The van der Waals surface area contributed by atoms with Crippen molar-refractivity contribution in [2.24, 2.45) is 0 Å². The van der Waals surface area contributed by atoms with Gasteiger partial charge in [-0.3, -0.25) is 9.59 Å². The Hall–Kier alpha value is -3.48. The third-order valence-corrected chi connectivity index (χ3v) is 5.85. The highest BCUT2D eigenvalue weighted by molar-refractivity contribution is 5.85. The Kier molecular flexibility index (Phi) is 4.78. The summed E-state index contributed by atoms with van der Waals surface area (Å²) in [6.07, 6.45) is 3.90. The normalized spacial score (nSPS) is 15.9. The van der Waals surface area contributed by atoms with Crippen LogP contribution in [0, 0.1) is 0 Å². The summed E-state index contributed by atoms with van der Waals surface area (Å²) >= 11 is 0. The van der Waals surface area contributed by atoms with Gasteiger partial charge < -0.3 is 10.3 Å². The van der Waals surface area contributed by atoms with Gasteiger partial charge in [-0.1, -0.05) is 35.5 Å². The van der Waals surface area contributed by atoms with Gasteiger partial charge in [-0.25, -0.2) is 4.68 Å². The maximum absolute atomic E-state index is 12.6. The second-order valence-corrected chi connectivity index (χ2v) is 7.81. The van der Waals surface area contributed by atoms with Crippen molar-refractivity contribution in [2.45, 2.75) is 44.7 Å². The predicted molar refractivity (Wildman–Crippen MR) is 115 cm³/mol. The van der Waals surface area contributed by atoms with E-state index < -0.39 is 0 Å². The topological polar surface area (TPSA) is 92.7 Å². The largest absolute Gasteiger partial charge is 0.356 e. The number of aromatic amines is 1. The number of aryl methyl sites for hydroxylation is 2. The summed E-state index contributed by atoms with van der Waals surface area (Å²) in [5.74, 6) is -0.00620. The molecule has 7 nitrogen and oxygen atoms in total. The van der Waals surface area contributed by atoms with Crippen molar-refractivity contribution in [1.82, 2.24) is 25.3 Å². The van der Waals surface area contributed by atoms with Crippen LogP contribution in [0.25, 0.3) is 21.8 Å². The van der Waals surface area contributed by atoms with Gasteiger partial charge in [0.25, 0.3) is 5.56 Å².